The number of aryl methyl sites for hydroxylation is 1. The van der Waals surface area contributed by atoms with Crippen LogP contribution in [0.25, 0.3) is 0 Å². The third-order valence-electron chi connectivity index (χ3n) is 6.21. The fraction of sp³-hybridized carbons (Fsp3) is 0.286. The number of ether oxygens (including phenoxy) is 3. The molecule has 11 heteroatoms. The quantitative estimate of drug-likeness (QED) is 0.182. The Kier molecular flexibility index (Phi) is 8.92. The van der Waals surface area contributed by atoms with E-state index in [0.29, 0.717) is 33.3 Å². The van der Waals surface area contributed by atoms with E-state index in [1.54, 1.807) is 37.3 Å². The van der Waals surface area contributed by atoms with E-state index in [2.05, 4.69) is 15.8 Å². The molecule has 0 bridgehead atoms. The van der Waals surface area contributed by atoms with E-state index >= 15 is 0 Å². The maximum atomic E-state index is 13.1. The summed E-state index contributed by atoms with van der Waals surface area (Å²) >= 11 is 1.29. The Morgan fingerprint density at radius 3 is 2.46 bits per heavy atom. The average Bonchev–Trinajstić information content (AvgIpc) is 3.32. The lowest BCUT2D eigenvalue weighted by atomic mass is 9.95. The van der Waals surface area contributed by atoms with Crippen LogP contribution < -0.4 is 20.2 Å². The van der Waals surface area contributed by atoms with Crippen LogP contribution in [0.4, 0.5) is 9.39 Å². The van der Waals surface area contributed by atoms with Gasteiger partial charge >= 0.3 is 17.8 Å². The number of halogens is 1. The van der Waals surface area contributed by atoms with Crippen LogP contribution in [0, 0.1) is 5.82 Å². The van der Waals surface area contributed by atoms with Gasteiger partial charge in [0.1, 0.15) is 17.4 Å². The van der Waals surface area contributed by atoms with Crippen molar-refractivity contribution < 1.29 is 33.0 Å². The molecule has 0 unspecified atom stereocenters. The average molecular weight is 554 g/mol. The standard InChI is InChI=1S/C28H28FN3O6S/c1-16(18-10-13-21(22(14-18)36-2)38-15-17-8-11-19(29)12-9-17)31-32-26(34)25(33)30-27-24(28(35)37-3)20-6-4-5-7-23(20)39-27/h8-14H,4-7,15H2,1-3H3,(H,30,33)(H,32,34). The Bertz CT molecular complexity index is 1420. The summed E-state index contributed by atoms with van der Waals surface area (Å²) in [5.41, 5.74) is 5.28. The second kappa shape index (κ2) is 12.5. The van der Waals surface area contributed by atoms with E-state index in [1.165, 1.54) is 37.7 Å². The van der Waals surface area contributed by atoms with Gasteiger partial charge in [-0.2, -0.15) is 5.10 Å². The third-order valence-corrected chi connectivity index (χ3v) is 7.42. The number of anilines is 1. The number of esters is 1. The van der Waals surface area contributed by atoms with Crippen molar-refractivity contribution in [2.24, 2.45) is 5.10 Å². The number of hydrogen-bond donors (Lipinski definition) is 2. The minimum Gasteiger partial charge on any atom is -0.493 e. The van der Waals surface area contributed by atoms with E-state index < -0.39 is 17.8 Å². The maximum absolute atomic E-state index is 13.1. The van der Waals surface area contributed by atoms with Crippen molar-refractivity contribution in [3.8, 4) is 11.5 Å². The molecule has 0 saturated carbocycles. The lowest BCUT2D eigenvalue weighted by Gasteiger charge is -2.12. The minimum absolute atomic E-state index is 0.221. The Labute approximate surface area is 229 Å². The Morgan fingerprint density at radius 1 is 1.00 bits per heavy atom. The van der Waals surface area contributed by atoms with E-state index in [1.807, 2.05) is 0 Å². The summed E-state index contributed by atoms with van der Waals surface area (Å²) in [6.07, 6.45) is 3.49. The lowest BCUT2D eigenvalue weighted by molar-refractivity contribution is -0.136. The summed E-state index contributed by atoms with van der Waals surface area (Å²) in [6.45, 7) is 1.88. The first-order valence-electron chi connectivity index (χ1n) is 12.2. The van der Waals surface area contributed by atoms with Crippen molar-refractivity contribution in [2.75, 3.05) is 19.5 Å². The lowest BCUT2D eigenvalue weighted by Crippen LogP contribution is -2.33. The van der Waals surface area contributed by atoms with Crippen LogP contribution in [-0.2, 0) is 33.8 Å². The minimum atomic E-state index is -0.984. The van der Waals surface area contributed by atoms with E-state index in [0.717, 1.165) is 41.7 Å². The fourth-order valence-electron chi connectivity index (χ4n) is 4.14. The number of hydrazone groups is 1. The summed E-state index contributed by atoms with van der Waals surface area (Å²) in [5, 5.41) is 6.88. The first kappa shape index (κ1) is 27.8. The summed E-state index contributed by atoms with van der Waals surface area (Å²) in [6, 6.07) is 11.1. The van der Waals surface area contributed by atoms with Crippen LogP contribution in [0.1, 0.15) is 51.7 Å². The zero-order valence-corrected chi connectivity index (χ0v) is 22.6. The molecule has 204 valence electrons. The molecule has 4 rings (SSSR count). The summed E-state index contributed by atoms with van der Waals surface area (Å²) in [4.78, 5) is 38.5. The predicted molar refractivity (Wildman–Crippen MR) is 145 cm³/mol. The van der Waals surface area contributed by atoms with E-state index in [4.69, 9.17) is 14.2 Å². The highest BCUT2D eigenvalue weighted by atomic mass is 32.1. The number of rotatable bonds is 8. The van der Waals surface area contributed by atoms with Crippen LogP contribution in [0.15, 0.2) is 47.6 Å². The van der Waals surface area contributed by atoms with E-state index in [-0.39, 0.29) is 12.4 Å². The number of methoxy groups -OCH3 is 2. The molecular formula is C28H28FN3O6S. The van der Waals surface area contributed by atoms with Crippen LogP contribution in [0.2, 0.25) is 0 Å². The maximum Gasteiger partial charge on any atom is 0.341 e. The Balaban J connectivity index is 1.41. The number of hydrogen-bond acceptors (Lipinski definition) is 8. The van der Waals surface area contributed by atoms with E-state index in [9.17, 15) is 18.8 Å². The molecule has 0 saturated heterocycles. The summed E-state index contributed by atoms with van der Waals surface area (Å²) in [7, 11) is 2.78. The fourth-order valence-corrected chi connectivity index (χ4v) is 5.41. The molecule has 9 nitrogen and oxygen atoms in total. The number of carbonyl (C=O) groups excluding carboxylic acids is 3. The molecule has 0 radical (unpaired) electrons. The number of carbonyl (C=O) groups is 3. The second-order valence-electron chi connectivity index (χ2n) is 8.78. The molecule has 2 N–H and O–H groups in total. The van der Waals surface area contributed by atoms with Crippen molar-refractivity contribution in [3.63, 3.8) is 0 Å². The van der Waals surface area contributed by atoms with Gasteiger partial charge in [-0.15, -0.1) is 11.3 Å². The molecular weight excluding hydrogens is 525 g/mol. The van der Waals surface area contributed by atoms with Crippen LogP contribution in [0.3, 0.4) is 0 Å². The zero-order valence-electron chi connectivity index (χ0n) is 21.8. The SMILES string of the molecule is COC(=O)c1c(NC(=O)C(=O)NN=C(C)c2ccc(OCc3ccc(F)cc3)c(OC)c2)sc2c1CCCC2. The molecule has 2 amide bonds. The predicted octanol–water partition coefficient (Wildman–Crippen LogP) is 4.62. The third kappa shape index (κ3) is 6.61. The van der Waals surface area contributed by atoms with Gasteiger partial charge in [0.15, 0.2) is 11.5 Å². The molecule has 2 aromatic carbocycles. The number of benzene rings is 2. The van der Waals surface area contributed by atoms with Gasteiger partial charge < -0.3 is 19.5 Å². The molecule has 3 aromatic rings. The number of nitrogens with one attached hydrogen (secondary N) is 2. The Morgan fingerprint density at radius 2 is 1.74 bits per heavy atom. The van der Waals surface area contributed by atoms with Crippen molar-refractivity contribution in [1.29, 1.82) is 0 Å². The van der Waals surface area contributed by atoms with Gasteiger partial charge in [0, 0.05) is 10.4 Å². The normalized spacial score (nSPS) is 12.8. The highest BCUT2D eigenvalue weighted by Gasteiger charge is 2.28. The number of thiophene rings is 1. The molecule has 0 atom stereocenters. The monoisotopic (exact) mass is 553 g/mol. The molecule has 0 spiro atoms. The number of fused-ring (bicyclic) bond motifs is 1. The summed E-state index contributed by atoms with van der Waals surface area (Å²) in [5.74, 6) is -1.89. The van der Waals surface area contributed by atoms with Crippen molar-refractivity contribution in [2.45, 2.75) is 39.2 Å². The van der Waals surface area contributed by atoms with Gasteiger partial charge in [0.2, 0.25) is 0 Å². The van der Waals surface area contributed by atoms with Crippen LogP contribution in [0.5, 0.6) is 11.5 Å². The molecule has 39 heavy (non-hydrogen) atoms. The van der Waals surface area contributed by atoms with Crippen molar-refractivity contribution >= 4 is 39.8 Å². The van der Waals surface area contributed by atoms with Gasteiger partial charge in [-0.1, -0.05) is 12.1 Å². The van der Waals surface area contributed by atoms with Gasteiger partial charge in [-0.3, -0.25) is 9.59 Å². The number of nitrogens with zero attached hydrogens (tertiary/aromatic N) is 1. The molecule has 1 aliphatic rings. The first-order valence-corrected chi connectivity index (χ1v) is 13.1. The summed E-state index contributed by atoms with van der Waals surface area (Å²) < 4.78 is 29.2. The van der Waals surface area contributed by atoms with Crippen molar-refractivity contribution in [1.82, 2.24) is 5.43 Å². The van der Waals surface area contributed by atoms with Gasteiger partial charge in [-0.25, -0.2) is 14.6 Å². The van der Waals surface area contributed by atoms with Gasteiger partial charge in [0.05, 0.1) is 25.5 Å². The topological polar surface area (TPSA) is 115 Å². The molecule has 0 fully saturated rings. The first-order chi connectivity index (χ1) is 18.8. The van der Waals surface area contributed by atoms with Crippen molar-refractivity contribution in [3.05, 3.63) is 75.4 Å². The largest absolute Gasteiger partial charge is 0.493 e. The second-order valence-corrected chi connectivity index (χ2v) is 9.88. The zero-order chi connectivity index (χ0) is 27.9. The van der Waals surface area contributed by atoms with Gasteiger partial charge in [0.25, 0.3) is 0 Å². The molecule has 1 heterocycles. The highest BCUT2D eigenvalue weighted by molar-refractivity contribution is 7.17. The molecule has 1 aromatic heterocycles. The van der Waals surface area contributed by atoms with Crippen LogP contribution in [-0.4, -0.2) is 37.7 Å². The smallest absolute Gasteiger partial charge is 0.341 e. The molecule has 0 aliphatic heterocycles. The number of amides is 2. The molecule has 1 aliphatic carbocycles. The highest BCUT2D eigenvalue weighted by Crippen LogP contribution is 2.38. The van der Waals surface area contributed by atoms with Crippen LogP contribution >= 0.6 is 11.3 Å². The Hall–Kier alpha value is -4.25. The van der Waals surface area contributed by atoms with Gasteiger partial charge in [-0.05, 0) is 74.1 Å².